The van der Waals surface area contributed by atoms with Crippen LogP contribution in [0.3, 0.4) is 0 Å². The van der Waals surface area contributed by atoms with E-state index in [9.17, 15) is 9.00 Å². The van der Waals surface area contributed by atoms with Crippen molar-refractivity contribution >= 4 is 28.2 Å². The van der Waals surface area contributed by atoms with Gasteiger partial charge in [-0.2, -0.15) is 0 Å². The largest absolute Gasteiger partial charge is 0.293 e. The first-order valence-corrected chi connectivity index (χ1v) is 8.62. The van der Waals surface area contributed by atoms with E-state index < -0.39 is 10.8 Å². The summed E-state index contributed by atoms with van der Waals surface area (Å²) in [5, 5.41) is 0.598. The number of rotatable bonds is 4. The molecule has 0 aliphatic heterocycles. The van der Waals surface area contributed by atoms with Gasteiger partial charge >= 0.3 is 0 Å². The summed E-state index contributed by atoms with van der Waals surface area (Å²) in [5.41, 5.74) is 3.27. The molecule has 0 saturated carbocycles. The third-order valence-electron chi connectivity index (χ3n) is 3.76. The normalized spacial score (nSPS) is 14.7. The van der Waals surface area contributed by atoms with Crippen LogP contribution >= 0.6 is 11.6 Å². The lowest BCUT2D eigenvalue weighted by Gasteiger charge is -2.05. The Balaban J connectivity index is 1.74. The summed E-state index contributed by atoms with van der Waals surface area (Å²) in [6.45, 7) is 0. The highest BCUT2D eigenvalue weighted by atomic mass is 35.5. The standard InChI is InChI=1S/C17H15ClO2S/c18-15-6-8-16(9-7-15)21(20)11-17(19)14-5-4-12-2-1-3-13(12)10-14/h4-10H,1-3,11H2. The van der Waals surface area contributed by atoms with Gasteiger partial charge in [-0.3, -0.25) is 9.00 Å². The molecule has 0 heterocycles. The number of Topliss-reactive ketones (excluding diaryl/α,β-unsaturated/α-hetero) is 1. The van der Waals surface area contributed by atoms with Gasteiger partial charge in [0, 0.05) is 15.5 Å². The number of halogens is 1. The fourth-order valence-electron chi connectivity index (χ4n) is 2.62. The SMILES string of the molecule is O=C(CS(=O)c1ccc(Cl)cc1)c1ccc2c(c1)CCC2. The van der Waals surface area contributed by atoms with E-state index in [0.717, 1.165) is 19.3 Å². The smallest absolute Gasteiger partial charge is 0.175 e. The maximum Gasteiger partial charge on any atom is 0.175 e. The topological polar surface area (TPSA) is 34.1 Å². The van der Waals surface area contributed by atoms with Crippen molar-refractivity contribution in [2.24, 2.45) is 0 Å². The van der Waals surface area contributed by atoms with E-state index in [1.54, 1.807) is 24.3 Å². The zero-order valence-corrected chi connectivity index (χ0v) is 13.0. The number of carbonyl (C=O) groups excluding carboxylic acids is 1. The summed E-state index contributed by atoms with van der Waals surface area (Å²) in [6, 6.07) is 12.6. The second kappa shape index (κ2) is 6.12. The number of fused-ring (bicyclic) bond motifs is 1. The molecule has 1 aliphatic carbocycles. The quantitative estimate of drug-likeness (QED) is 0.803. The number of hydrogen-bond donors (Lipinski definition) is 0. The fourth-order valence-corrected chi connectivity index (χ4v) is 3.75. The maximum atomic E-state index is 12.3. The monoisotopic (exact) mass is 318 g/mol. The molecule has 1 aliphatic rings. The molecule has 0 amide bonds. The summed E-state index contributed by atoms with van der Waals surface area (Å²) in [6.07, 6.45) is 3.29. The molecule has 0 aromatic heterocycles. The zero-order chi connectivity index (χ0) is 14.8. The van der Waals surface area contributed by atoms with Crippen molar-refractivity contribution in [2.75, 3.05) is 5.75 Å². The summed E-state index contributed by atoms with van der Waals surface area (Å²) in [5.74, 6) is -0.0570. The second-order valence-electron chi connectivity index (χ2n) is 5.20. The second-order valence-corrected chi connectivity index (χ2v) is 7.09. The van der Waals surface area contributed by atoms with Crippen LogP contribution in [0.5, 0.6) is 0 Å². The third-order valence-corrected chi connectivity index (χ3v) is 5.33. The molecule has 0 fully saturated rings. The van der Waals surface area contributed by atoms with Gasteiger partial charge in [0.25, 0.3) is 0 Å². The predicted octanol–water partition coefficient (Wildman–Crippen LogP) is 3.82. The van der Waals surface area contributed by atoms with Gasteiger partial charge in [-0.15, -0.1) is 0 Å². The summed E-state index contributed by atoms with van der Waals surface area (Å²) in [7, 11) is -1.33. The fraction of sp³-hybridized carbons (Fsp3) is 0.235. The van der Waals surface area contributed by atoms with Gasteiger partial charge in [-0.1, -0.05) is 23.7 Å². The van der Waals surface area contributed by atoms with Crippen molar-refractivity contribution in [1.29, 1.82) is 0 Å². The van der Waals surface area contributed by atoms with Crippen molar-refractivity contribution in [3.63, 3.8) is 0 Å². The van der Waals surface area contributed by atoms with Crippen molar-refractivity contribution in [3.8, 4) is 0 Å². The van der Waals surface area contributed by atoms with Crippen molar-refractivity contribution in [3.05, 3.63) is 64.2 Å². The average Bonchev–Trinajstić information content (AvgIpc) is 2.95. The zero-order valence-electron chi connectivity index (χ0n) is 11.5. The van der Waals surface area contributed by atoms with Gasteiger partial charge in [-0.25, -0.2) is 0 Å². The predicted molar refractivity (Wildman–Crippen MR) is 85.5 cm³/mol. The number of ketones is 1. The Morgan fingerprint density at radius 2 is 1.76 bits per heavy atom. The molecule has 3 rings (SSSR count). The van der Waals surface area contributed by atoms with E-state index in [4.69, 9.17) is 11.6 Å². The number of benzene rings is 2. The van der Waals surface area contributed by atoms with Gasteiger partial charge in [0.1, 0.15) is 0 Å². The Hall–Kier alpha value is -1.45. The van der Waals surface area contributed by atoms with Gasteiger partial charge in [-0.05, 0) is 60.7 Å². The van der Waals surface area contributed by atoms with Crippen LogP contribution in [0.4, 0.5) is 0 Å². The Bertz CT molecular complexity index is 707. The van der Waals surface area contributed by atoms with E-state index in [2.05, 4.69) is 0 Å². The van der Waals surface area contributed by atoms with Crippen LogP contribution in [0.15, 0.2) is 47.4 Å². The van der Waals surface area contributed by atoms with Crippen LogP contribution in [0.25, 0.3) is 0 Å². The van der Waals surface area contributed by atoms with Crippen molar-refractivity contribution < 1.29 is 9.00 Å². The first kappa shape index (κ1) is 14.5. The molecule has 21 heavy (non-hydrogen) atoms. The Morgan fingerprint density at radius 1 is 1.05 bits per heavy atom. The number of hydrogen-bond acceptors (Lipinski definition) is 2. The van der Waals surface area contributed by atoms with Crippen LogP contribution in [0.1, 0.15) is 27.9 Å². The molecular formula is C17H15ClO2S. The molecule has 2 aromatic rings. The molecule has 0 saturated heterocycles. The number of carbonyl (C=O) groups is 1. The lowest BCUT2D eigenvalue weighted by Crippen LogP contribution is -2.11. The van der Waals surface area contributed by atoms with Crippen LogP contribution in [-0.2, 0) is 23.6 Å². The molecule has 1 unspecified atom stereocenters. The maximum absolute atomic E-state index is 12.3. The molecule has 0 bridgehead atoms. The van der Waals surface area contributed by atoms with Crippen LogP contribution in [0.2, 0.25) is 5.02 Å². The lowest BCUT2D eigenvalue weighted by molar-refractivity contribution is 0.102. The highest BCUT2D eigenvalue weighted by molar-refractivity contribution is 7.85. The molecular weight excluding hydrogens is 304 g/mol. The van der Waals surface area contributed by atoms with Crippen LogP contribution in [-0.4, -0.2) is 15.7 Å². The summed E-state index contributed by atoms with van der Waals surface area (Å²) in [4.78, 5) is 12.9. The molecule has 108 valence electrons. The minimum atomic E-state index is -1.33. The molecule has 0 radical (unpaired) electrons. The Labute approximate surface area is 131 Å². The Kier molecular flexibility index (Phi) is 4.22. The van der Waals surface area contributed by atoms with Gasteiger partial charge in [0.05, 0.1) is 16.6 Å². The van der Waals surface area contributed by atoms with E-state index in [1.807, 2.05) is 18.2 Å². The van der Waals surface area contributed by atoms with E-state index in [0.29, 0.717) is 15.5 Å². The van der Waals surface area contributed by atoms with Gasteiger partial charge in [0.15, 0.2) is 5.78 Å². The summed E-state index contributed by atoms with van der Waals surface area (Å²) < 4.78 is 12.2. The van der Waals surface area contributed by atoms with Crippen LogP contribution < -0.4 is 0 Å². The molecule has 2 aromatic carbocycles. The lowest BCUT2D eigenvalue weighted by atomic mass is 10.0. The first-order valence-electron chi connectivity index (χ1n) is 6.92. The summed E-state index contributed by atoms with van der Waals surface area (Å²) >= 11 is 5.81. The minimum absolute atomic E-state index is 0.0143. The highest BCUT2D eigenvalue weighted by Gasteiger charge is 2.16. The number of aryl methyl sites for hydroxylation is 2. The third kappa shape index (κ3) is 3.25. The molecule has 0 N–H and O–H groups in total. The molecule has 4 heteroatoms. The van der Waals surface area contributed by atoms with Crippen molar-refractivity contribution in [1.82, 2.24) is 0 Å². The van der Waals surface area contributed by atoms with E-state index in [-0.39, 0.29) is 11.5 Å². The molecule has 0 spiro atoms. The average molecular weight is 319 g/mol. The van der Waals surface area contributed by atoms with E-state index >= 15 is 0 Å². The van der Waals surface area contributed by atoms with E-state index in [1.165, 1.54) is 11.1 Å². The van der Waals surface area contributed by atoms with Crippen molar-refractivity contribution in [2.45, 2.75) is 24.2 Å². The first-order chi connectivity index (χ1) is 10.1. The van der Waals surface area contributed by atoms with Crippen LogP contribution in [0, 0.1) is 0 Å². The highest BCUT2D eigenvalue weighted by Crippen LogP contribution is 2.23. The Morgan fingerprint density at radius 3 is 2.52 bits per heavy atom. The molecule has 1 atom stereocenters. The van der Waals surface area contributed by atoms with Gasteiger partial charge < -0.3 is 0 Å². The molecule has 2 nitrogen and oxygen atoms in total. The minimum Gasteiger partial charge on any atom is -0.293 e. The van der Waals surface area contributed by atoms with Gasteiger partial charge in [0.2, 0.25) is 0 Å².